The normalized spacial score (nSPS) is 15.8. The molecule has 2 aromatic rings. The van der Waals surface area contributed by atoms with Gasteiger partial charge in [-0.3, -0.25) is 4.79 Å². The first-order chi connectivity index (χ1) is 13.7. The molecule has 1 saturated heterocycles. The van der Waals surface area contributed by atoms with Crippen molar-refractivity contribution < 1.29 is 13.2 Å². The smallest absolute Gasteiger partial charge is 0.255 e. The Morgan fingerprint density at radius 2 is 2.00 bits per heavy atom. The Kier molecular flexibility index (Phi) is 6.83. The number of anilines is 1. The highest BCUT2D eigenvalue weighted by molar-refractivity contribution is 7.89. The first-order valence-electron chi connectivity index (χ1n) is 9.43. The van der Waals surface area contributed by atoms with Crippen molar-refractivity contribution >= 4 is 44.0 Å². The molecule has 0 atom stereocenters. The minimum Gasteiger partial charge on any atom is -0.346 e. The van der Waals surface area contributed by atoms with Gasteiger partial charge < -0.3 is 9.80 Å². The maximum Gasteiger partial charge on any atom is 0.255 e. The quantitative estimate of drug-likeness (QED) is 0.690. The predicted molar refractivity (Wildman–Crippen MR) is 116 cm³/mol. The first-order valence-corrected chi connectivity index (χ1v) is 12.1. The zero-order valence-electron chi connectivity index (χ0n) is 16.7. The Labute approximate surface area is 180 Å². The number of benzene rings is 1. The third-order valence-corrected chi connectivity index (χ3v) is 8.24. The van der Waals surface area contributed by atoms with Crippen LogP contribution < -0.4 is 4.90 Å². The number of amides is 1. The van der Waals surface area contributed by atoms with Crippen LogP contribution in [0.4, 0.5) is 5.13 Å². The molecule has 7 nitrogen and oxygen atoms in total. The largest absolute Gasteiger partial charge is 0.346 e. The summed E-state index contributed by atoms with van der Waals surface area (Å²) in [5, 5.41) is 3.13. The van der Waals surface area contributed by atoms with Crippen LogP contribution in [0.15, 0.2) is 34.7 Å². The molecule has 1 aromatic heterocycles. The second-order valence-electron chi connectivity index (χ2n) is 7.20. The maximum atomic E-state index is 13.2. The molecular formula is C19H25ClN4O3S2. The second-order valence-corrected chi connectivity index (χ2v) is 10.5. The molecule has 1 aliphatic heterocycles. The monoisotopic (exact) mass is 456 g/mol. The molecule has 3 rings (SSSR count). The van der Waals surface area contributed by atoms with Crippen molar-refractivity contribution in [3.05, 3.63) is 40.4 Å². The van der Waals surface area contributed by atoms with Crippen molar-refractivity contribution in [3.8, 4) is 0 Å². The van der Waals surface area contributed by atoms with E-state index in [2.05, 4.69) is 9.88 Å². The molecule has 158 valence electrons. The van der Waals surface area contributed by atoms with Crippen molar-refractivity contribution in [2.24, 2.45) is 0 Å². The number of carbonyl (C=O) groups excluding carboxylic acids is 1. The van der Waals surface area contributed by atoms with Gasteiger partial charge in [-0.2, -0.15) is 4.31 Å². The fourth-order valence-electron chi connectivity index (χ4n) is 3.13. The van der Waals surface area contributed by atoms with Crippen molar-refractivity contribution in [2.75, 3.05) is 38.1 Å². The summed E-state index contributed by atoms with van der Waals surface area (Å²) in [6, 6.07) is 4.12. The van der Waals surface area contributed by atoms with E-state index in [1.54, 1.807) is 36.3 Å². The number of hydrogen-bond donors (Lipinski definition) is 0. The van der Waals surface area contributed by atoms with Gasteiger partial charge in [-0.1, -0.05) is 11.6 Å². The molecule has 1 aromatic carbocycles. The lowest BCUT2D eigenvalue weighted by Gasteiger charge is -2.23. The lowest BCUT2D eigenvalue weighted by Crippen LogP contribution is -2.36. The van der Waals surface area contributed by atoms with Gasteiger partial charge in [0.1, 0.15) is 0 Å². The van der Waals surface area contributed by atoms with Crippen LogP contribution in [0.5, 0.6) is 0 Å². The molecule has 0 radical (unpaired) electrons. The Morgan fingerprint density at radius 1 is 1.24 bits per heavy atom. The molecule has 29 heavy (non-hydrogen) atoms. The highest BCUT2D eigenvalue weighted by Crippen LogP contribution is 2.26. The lowest BCUT2D eigenvalue weighted by atomic mass is 10.2. The minimum absolute atomic E-state index is 0.0701. The van der Waals surface area contributed by atoms with Gasteiger partial charge in [0, 0.05) is 50.8 Å². The van der Waals surface area contributed by atoms with Gasteiger partial charge in [-0.15, -0.1) is 11.3 Å². The van der Waals surface area contributed by atoms with Crippen LogP contribution in [0, 0.1) is 0 Å². The average Bonchev–Trinajstić information content (AvgIpc) is 3.11. The molecule has 0 unspecified atom stereocenters. The van der Waals surface area contributed by atoms with Gasteiger partial charge in [0.05, 0.1) is 15.5 Å². The number of rotatable bonds is 5. The van der Waals surface area contributed by atoms with E-state index in [0.717, 1.165) is 18.1 Å². The van der Waals surface area contributed by atoms with E-state index < -0.39 is 10.0 Å². The Morgan fingerprint density at radius 3 is 2.66 bits per heavy atom. The maximum absolute atomic E-state index is 13.2. The first kappa shape index (κ1) is 22.0. The van der Waals surface area contributed by atoms with Crippen LogP contribution in [-0.4, -0.2) is 67.8 Å². The van der Waals surface area contributed by atoms with Crippen LogP contribution in [0.3, 0.4) is 0 Å². The van der Waals surface area contributed by atoms with Gasteiger partial charge in [0.15, 0.2) is 5.13 Å². The topological polar surface area (TPSA) is 73.8 Å². The summed E-state index contributed by atoms with van der Waals surface area (Å²) in [5.41, 5.74) is 0.215. The number of carbonyl (C=O) groups is 1. The lowest BCUT2D eigenvalue weighted by molar-refractivity contribution is 0.0767. The van der Waals surface area contributed by atoms with E-state index in [-0.39, 0.29) is 27.4 Å². The van der Waals surface area contributed by atoms with Crippen LogP contribution >= 0.6 is 22.9 Å². The van der Waals surface area contributed by atoms with E-state index >= 15 is 0 Å². The van der Waals surface area contributed by atoms with Gasteiger partial charge in [0.25, 0.3) is 5.91 Å². The summed E-state index contributed by atoms with van der Waals surface area (Å²) < 4.78 is 26.9. The molecule has 0 aliphatic carbocycles. The van der Waals surface area contributed by atoms with Crippen molar-refractivity contribution in [3.63, 3.8) is 0 Å². The second kappa shape index (κ2) is 8.99. The van der Waals surface area contributed by atoms with Crippen LogP contribution in [0.25, 0.3) is 0 Å². The Hall–Kier alpha value is -1.68. The Bertz CT molecular complexity index is 964. The van der Waals surface area contributed by atoms with Gasteiger partial charge in [-0.25, -0.2) is 13.4 Å². The highest BCUT2D eigenvalue weighted by atomic mass is 35.5. The van der Waals surface area contributed by atoms with Gasteiger partial charge in [-0.05, 0) is 38.5 Å². The molecule has 0 N–H and O–H groups in total. The van der Waals surface area contributed by atoms with Crippen molar-refractivity contribution in [2.45, 2.75) is 31.2 Å². The van der Waals surface area contributed by atoms with Gasteiger partial charge >= 0.3 is 0 Å². The molecule has 0 saturated carbocycles. The summed E-state index contributed by atoms with van der Waals surface area (Å²) >= 11 is 7.85. The SMILES string of the molecule is CC(C)N(C)S(=O)(=O)c1ccc(Cl)c(C(=O)N2CCCN(c3nccs3)CC2)c1. The van der Waals surface area contributed by atoms with E-state index in [4.69, 9.17) is 11.6 Å². The summed E-state index contributed by atoms with van der Waals surface area (Å²) in [6.07, 6.45) is 2.57. The summed E-state index contributed by atoms with van der Waals surface area (Å²) in [7, 11) is -2.17. The third kappa shape index (κ3) is 4.74. The summed E-state index contributed by atoms with van der Waals surface area (Å²) in [6.45, 7) is 6.19. The van der Waals surface area contributed by atoms with E-state index in [1.807, 2.05) is 5.38 Å². The van der Waals surface area contributed by atoms with Gasteiger partial charge in [0.2, 0.25) is 10.0 Å². The highest BCUT2D eigenvalue weighted by Gasteiger charge is 2.27. The number of sulfonamides is 1. The number of nitrogens with zero attached hydrogens (tertiary/aromatic N) is 4. The molecule has 1 fully saturated rings. The predicted octanol–water partition coefficient (Wildman–Crippen LogP) is 3.18. The molecule has 1 amide bonds. The molecule has 1 aliphatic rings. The van der Waals surface area contributed by atoms with E-state index in [0.29, 0.717) is 19.6 Å². The molecule has 10 heteroatoms. The van der Waals surface area contributed by atoms with Crippen LogP contribution in [0.1, 0.15) is 30.6 Å². The van der Waals surface area contributed by atoms with Crippen LogP contribution in [0.2, 0.25) is 5.02 Å². The van der Waals surface area contributed by atoms with E-state index in [9.17, 15) is 13.2 Å². The number of halogens is 1. The van der Waals surface area contributed by atoms with Crippen molar-refractivity contribution in [1.82, 2.24) is 14.2 Å². The average molecular weight is 457 g/mol. The summed E-state index contributed by atoms with van der Waals surface area (Å²) in [4.78, 5) is 21.5. The number of hydrogen-bond acceptors (Lipinski definition) is 6. The number of thiazole rings is 1. The zero-order valence-corrected chi connectivity index (χ0v) is 19.1. The third-order valence-electron chi connectivity index (χ3n) is 5.05. The number of aromatic nitrogens is 1. The molecule has 0 bridgehead atoms. The van der Waals surface area contributed by atoms with Crippen molar-refractivity contribution in [1.29, 1.82) is 0 Å². The Balaban J connectivity index is 1.82. The minimum atomic E-state index is -3.70. The fraction of sp³-hybridized carbons (Fsp3) is 0.474. The summed E-state index contributed by atoms with van der Waals surface area (Å²) in [5.74, 6) is -0.250. The molecular weight excluding hydrogens is 432 g/mol. The molecule has 2 heterocycles. The zero-order chi connectivity index (χ0) is 21.2. The standard InChI is InChI=1S/C19H25ClN4O3S2/c1-14(2)22(3)29(26,27)15-5-6-17(20)16(13-15)18(25)23-8-4-9-24(11-10-23)19-21-7-12-28-19/h5-7,12-14H,4,8-11H2,1-3H3. The van der Waals surface area contributed by atoms with E-state index in [1.165, 1.54) is 29.6 Å². The molecule has 0 spiro atoms. The fourth-order valence-corrected chi connectivity index (χ4v) is 5.42. The van der Waals surface area contributed by atoms with Crippen LogP contribution in [-0.2, 0) is 10.0 Å².